The molecule has 3 rings (SSSR count). The summed E-state index contributed by atoms with van der Waals surface area (Å²) in [6.07, 6.45) is 0. The number of anilines is 1. The first-order valence-electron chi connectivity index (χ1n) is 7.51. The Labute approximate surface area is 164 Å². The summed E-state index contributed by atoms with van der Waals surface area (Å²) in [5.41, 5.74) is 1.30. The Morgan fingerprint density at radius 2 is 1.65 bits per heavy atom. The number of carbonyl (C=O) groups excluding carboxylic acids is 1. The van der Waals surface area contributed by atoms with Gasteiger partial charge in [0.2, 0.25) is 5.91 Å². The second-order valence-electron chi connectivity index (χ2n) is 5.39. The van der Waals surface area contributed by atoms with Crippen LogP contribution < -0.4 is 10.9 Å². The number of amides is 1. The Bertz CT molecular complexity index is 1020. The minimum Gasteiger partial charge on any atom is -0.323 e. The fraction of sp³-hybridized carbons (Fsp3) is 0.0556. The molecule has 0 aliphatic heterocycles. The number of aromatic nitrogens is 2. The van der Waals surface area contributed by atoms with Crippen molar-refractivity contribution in [3.05, 3.63) is 80.0 Å². The Kier molecular flexibility index (Phi) is 5.61. The van der Waals surface area contributed by atoms with Crippen molar-refractivity contribution >= 4 is 46.4 Å². The smallest absolute Gasteiger partial charge is 0.267 e. The fourth-order valence-corrected chi connectivity index (χ4v) is 2.72. The number of nitrogens with zero attached hydrogens (tertiary/aromatic N) is 2. The van der Waals surface area contributed by atoms with Crippen molar-refractivity contribution in [3.8, 4) is 11.3 Å². The summed E-state index contributed by atoms with van der Waals surface area (Å²) in [5.74, 6) is -0.447. The summed E-state index contributed by atoms with van der Waals surface area (Å²) in [7, 11) is 0. The summed E-state index contributed by atoms with van der Waals surface area (Å²) >= 11 is 17.8. The quantitative estimate of drug-likeness (QED) is 0.691. The maximum absolute atomic E-state index is 12.3. The normalized spacial score (nSPS) is 10.6. The number of rotatable bonds is 4. The number of nitrogens with one attached hydrogen (secondary N) is 1. The van der Waals surface area contributed by atoms with E-state index in [1.54, 1.807) is 42.5 Å². The lowest BCUT2D eigenvalue weighted by atomic mass is 10.1. The van der Waals surface area contributed by atoms with Crippen molar-refractivity contribution in [2.45, 2.75) is 6.54 Å². The Morgan fingerprint density at radius 1 is 0.962 bits per heavy atom. The second kappa shape index (κ2) is 7.91. The molecule has 0 saturated heterocycles. The molecule has 0 spiro atoms. The number of hydrogen-bond donors (Lipinski definition) is 1. The third-order valence-electron chi connectivity index (χ3n) is 3.50. The van der Waals surface area contributed by atoms with Crippen molar-refractivity contribution in [2.75, 3.05) is 5.32 Å². The van der Waals surface area contributed by atoms with Crippen LogP contribution in [0, 0.1) is 0 Å². The molecule has 0 radical (unpaired) electrons. The molecule has 0 atom stereocenters. The zero-order valence-electron chi connectivity index (χ0n) is 13.2. The lowest BCUT2D eigenvalue weighted by Gasteiger charge is -2.10. The summed E-state index contributed by atoms with van der Waals surface area (Å²) < 4.78 is 1.08. The molecule has 0 unspecified atom stereocenters. The molecule has 0 saturated carbocycles. The van der Waals surface area contributed by atoms with Crippen molar-refractivity contribution in [1.82, 2.24) is 9.78 Å². The molecule has 3 aromatic rings. The molecule has 132 valence electrons. The Balaban J connectivity index is 1.81. The van der Waals surface area contributed by atoms with Crippen LogP contribution >= 0.6 is 34.8 Å². The lowest BCUT2D eigenvalue weighted by molar-refractivity contribution is -0.117. The van der Waals surface area contributed by atoms with E-state index in [0.29, 0.717) is 26.4 Å². The van der Waals surface area contributed by atoms with Gasteiger partial charge in [-0.2, -0.15) is 5.10 Å². The van der Waals surface area contributed by atoms with Crippen molar-refractivity contribution in [1.29, 1.82) is 0 Å². The van der Waals surface area contributed by atoms with Crippen LogP contribution in [0.1, 0.15) is 0 Å². The van der Waals surface area contributed by atoms with E-state index in [4.69, 9.17) is 34.8 Å². The van der Waals surface area contributed by atoms with Crippen LogP contribution in [-0.4, -0.2) is 15.7 Å². The van der Waals surface area contributed by atoms with Gasteiger partial charge in [-0.3, -0.25) is 9.59 Å². The highest BCUT2D eigenvalue weighted by atomic mass is 35.5. The van der Waals surface area contributed by atoms with E-state index in [2.05, 4.69) is 10.4 Å². The van der Waals surface area contributed by atoms with E-state index in [1.165, 1.54) is 12.1 Å². The molecule has 5 nitrogen and oxygen atoms in total. The van der Waals surface area contributed by atoms with Crippen LogP contribution in [-0.2, 0) is 11.3 Å². The minimum absolute atomic E-state index is 0.261. The third-order valence-corrected chi connectivity index (χ3v) is 4.32. The van der Waals surface area contributed by atoms with Gasteiger partial charge in [-0.25, -0.2) is 4.68 Å². The average molecular weight is 409 g/mol. The minimum atomic E-state index is -0.447. The van der Waals surface area contributed by atoms with Gasteiger partial charge in [0.1, 0.15) is 6.54 Å². The Hall–Kier alpha value is -2.34. The molecular weight excluding hydrogens is 397 g/mol. The SMILES string of the molecule is O=C(Cn1nc(-c2ccc(Cl)cc2)ccc1=O)Nc1cc(Cl)ccc1Cl. The van der Waals surface area contributed by atoms with Gasteiger partial charge in [-0.15, -0.1) is 0 Å². The summed E-state index contributed by atoms with van der Waals surface area (Å²) in [6, 6.07) is 14.7. The molecule has 1 N–H and O–H groups in total. The number of carbonyl (C=O) groups is 1. The number of halogens is 3. The van der Waals surface area contributed by atoms with Gasteiger partial charge < -0.3 is 5.32 Å². The van der Waals surface area contributed by atoms with Gasteiger partial charge in [0, 0.05) is 21.7 Å². The van der Waals surface area contributed by atoms with E-state index >= 15 is 0 Å². The van der Waals surface area contributed by atoms with Gasteiger partial charge in [0.25, 0.3) is 5.56 Å². The first-order chi connectivity index (χ1) is 12.4. The first kappa shape index (κ1) is 18.5. The van der Waals surface area contributed by atoms with Crippen LogP contribution in [0.3, 0.4) is 0 Å². The van der Waals surface area contributed by atoms with Crippen molar-refractivity contribution < 1.29 is 4.79 Å². The number of hydrogen-bond acceptors (Lipinski definition) is 3. The topological polar surface area (TPSA) is 64.0 Å². The second-order valence-corrected chi connectivity index (χ2v) is 6.67. The highest BCUT2D eigenvalue weighted by Crippen LogP contribution is 2.25. The highest BCUT2D eigenvalue weighted by molar-refractivity contribution is 6.35. The molecule has 1 amide bonds. The summed E-state index contributed by atoms with van der Waals surface area (Å²) in [4.78, 5) is 24.3. The molecule has 26 heavy (non-hydrogen) atoms. The number of benzene rings is 2. The van der Waals surface area contributed by atoms with Gasteiger partial charge >= 0.3 is 0 Å². The van der Waals surface area contributed by atoms with Gasteiger partial charge in [0.05, 0.1) is 16.4 Å². The van der Waals surface area contributed by atoms with Crippen molar-refractivity contribution in [2.24, 2.45) is 0 Å². The standard InChI is InChI=1S/C18H12Cl3N3O2/c19-12-3-1-11(2-4-12)15-7-8-18(26)24(23-15)10-17(25)22-16-9-13(20)5-6-14(16)21/h1-9H,10H2,(H,22,25). The zero-order valence-corrected chi connectivity index (χ0v) is 15.5. The third kappa shape index (κ3) is 4.43. The van der Waals surface area contributed by atoms with Crippen LogP contribution in [0.25, 0.3) is 11.3 Å². The van der Waals surface area contributed by atoms with E-state index in [1.807, 2.05) is 0 Å². The monoisotopic (exact) mass is 407 g/mol. The maximum Gasteiger partial charge on any atom is 0.267 e. The highest BCUT2D eigenvalue weighted by Gasteiger charge is 2.10. The molecule has 0 aliphatic carbocycles. The molecule has 0 fully saturated rings. The molecule has 2 aromatic carbocycles. The summed E-state index contributed by atoms with van der Waals surface area (Å²) in [5, 5.41) is 8.23. The fourth-order valence-electron chi connectivity index (χ4n) is 2.26. The van der Waals surface area contributed by atoms with Gasteiger partial charge in [-0.1, -0.05) is 46.9 Å². The van der Waals surface area contributed by atoms with Crippen molar-refractivity contribution in [3.63, 3.8) is 0 Å². The lowest BCUT2D eigenvalue weighted by Crippen LogP contribution is -2.29. The van der Waals surface area contributed by atoms with E-state index in [-0.39, 0.29) is 6.54 Å². The average Bonchev–Trinajstić information content (AvgIpc) is 2.61. The van der Waals surface area contributed by atoms with Crippen LogP contribution in [0.5, 0.6) is 0 Å². The van der Waals surface area contributed by atoms with Gasteiger partial charge in [-0.05, 0) is 36.4 Å². The predicted molar refractivity (Wildman–Crippen MR) is 104 cm³/mol. The molecule has 0 aliphatic rings. The van der Waals surface area contributed by atoms with Crippen LogP contribution in [0.2, 0.25) is 15.1 Å². The zero-order chi connectivity index (χ0) is 18.7. The molecular formula is C18H12Cl3N3O2. The van der Waals surface area contributed by atoms with E-state index in [0.717, 1.165) is 10.2 Å². The van der Waals surface area contributed by atoms with Gasteiger partial charge in [0.15, 0.2) is 0 Å². The first-order valence-corrected chi connectivity index (χ1v) is 8.65. The summed E-state index contributed by atoms with van der Waals surface area (Å²) in [6.45, 7) is -0.261. The molecule has 8 heteroatoms. The molecule has 0 bridgehead atoms. The Morgan fingerprint density at radius 3 is 2.38 bits per heavy atom. The van der Waals surface area contributed by atoms with E-state index < -0.39 is 11.5 Å². The molecule has 1 heterocycles. The molecule has 1 aromatic heterocycles. The maximum atomic E-state index is 12.3. The van der Waals surface area contributed by atoms with E-state index in [9.17, 15) is 9.59 Å². The van der Waals surface area contributed by atoms with Crippen LogP contribution in [0.4, 0.5) is 5.69 Å². The predicted octanol–water partition coefficient (Wildman–Crippen LogP) is 4.51. The largest absolute Gasteiger partial charge is 0.323 e. The van der Waals surface area contributed by atoms with Crippen LogP contribution in [0.15, 0.2) is 59.4 Å².